The van der Waals surface area contributed by atoms with E-state index in [0.717, 1.165) is 6.07 Å². The van der Waals surface area contributed by atoms with E-state index in [1.807, 2.05) is 17.0 Å². The Hall–Kier alpha value is -2.68. The normalized spacial score (nSPS) is 20.7. The Morgan fingerprint density at radius 3 is 2.62 bits per heavy atom. The minimum absolute atomic E-state index is 0.120. The lowest BCUT2D eigenvalue weighted by Crippen LogP contribution is -2.48. The van der Waals surface area contributed by atoms with Crippen LogP contribution in [0, 0.1) is 24.4 Å². The molecule has 1 aromatic carbocycles. The zero-order valence-corrected chi connectivity index (χ0v) is 14.0. The summed E-state index contributed by atoms with van der Waals surface area (Å²) in [6.07, 6.45) is 0.504. The fraction of sp³-hybridized carbons (Fsp3) is 0.353. The van der Waals surface area contributed by atoms with Crippen LogP contribution in [0.15, 0.2) is 24.3 Å². The lowest BCUT2D eigenvalue weighted by atomic mass is 9.85. The molecule has 6 nitrogen and oxygen atoms in total. The Kier molecular flexibility index (Phi) is 4.03. The molecule has 0 saturated carbocycles. The molecule has 26 heavy (non-hydrogen) atoms. The summed E-state index contributed by atoms with van der Waals surface area (Å²) in [6, 6.07) is 4.69. The minimum atomic E-state index is -1.20. The van der Waals surface area contributed by atoms with Gasteiger partial charge in [0.05, 0.1) is 0 Å². The van der Waals surface area contributed by atoms with Crippen molar-refractivity contribution in [2.45, 2.75) is 25.3 Å². The van der Waals surface area contributed by atoms with Gasteiger partial charge in [0.2, 0.25) is 0 Å². The molecular weight excluding hydrogens is 345 g/mol. The first-order chi connectivity index (χ1) is 12.4. The Labute approximate surface area is 147 Å². The molecule has 1 saturated heterocycles. The fourth-order valence-electron chi connectivity index (χ4n) is 3.45. The van der Waals surface area contributed by atoms with E-state index in [1.165, 1.54) is 0 Å². The quantitative estimate of drug-likeness (QED) is 0.708. The average molecular weight is 362 g/mol. The molecule has 1 aliphatic rings. The van der Waals surface area contributed by atoms with Crippen LogP contribution in [0.2, 0.25) is 0 Å². The van der Waals surface area contributed by atoms with Crippen LogP contribution in [-0.4, -0.2) is 38.9 Å². The third kappa shape index (κ3) is 2.78. The monoisotopic (exact) mass is 362 g/mol. The fourth-order valence-corrected chi connectivity index (χ4v) is 3.45. The van der Waals surface area contributed by atoms with Crippen molar-refractivity contribution in [1.82, 2.24) is 19.8 Å². The van der Waals surface area contributed by atoms with Gasteiger partial charge in [0.15, 0.2) is 23.1 Å². The van der Waals surface area contributed by atoms with E-state index in [1.54, 1.807) is 11.4 Å². The molecule has 0 spiro atoms. The molecule has 2 N–H and O–H groups in total. The van der Waals surface area contributed by atoms with Gasteiger partial charge in [-0.05, 0) is 37.1 Å². The number of anilines is 1. The van der Waals surface area contributed by atoms with Crippen molar-refractivity contribution in [2.24, 2.45) is 5.73 Å². The Balaban J connectivity index is 1.58. The summed E-state index contributed by atoms with van der Waals surface area (Å²) < 4.78 is 42.4. The molecule has 9 heteroatoms. The molecule has 2 unspecified atom stereocenters. The van der Waals surface area contributed by atoms with Crippen LogP contribution >= 0.6 is 0 Å². The summed E-state index contributed by atoms with van der Waals surface area (Å²) >= 11 is 0. The van der Waals surface area contributed by atoms with E-state index >= 15 is 0 Å². The lowest BCUT2D eigenvalue weighted by Gasteiger charge is -2.37. The molecular formula is C17H17F3N6. The van der Waals surface area contributed by atoms with Gasteiger partial charge in [-0.1, -0.05) is 0 Å². The number of fused-ring (bicyclic) bond motifs is 1. The van der Waals surface area contributed by atoms with Gasteiger partial charge < -0.3 is 10.6 Å². The third-order valence-corrected chi connectivity index (χ3v) is 4.83. The van der Waals surface area contributed by atoms with Crippen LogP contribution in [0.3, 0.4) is 0 Å². The predicted octanol–water partition coefficient (Wildman–Crippen LogP) is 2.17. The van der Waals surface area contributed by atoms with Crippen LogP contribution in [0.25, 0.3) is 5.65 Å². The maximum Gasteiger partial charge on any atom is 0.178 e. The van der Waals surface area contributed by atoms with Crippen LogP contribution < -0.4 is 10.6 Å². The first kappa shape index (κ1) is 16.8. The second kappa shape index (κ2) is 6.24. The molecule has 1 aliphatic heterocycles. The topological polar surface area (TPSA) is 72.3 Å². The van der Waals surface area contributed by atoms with Crippen LogP contribution in [0.5, 0.6) is 0 Å². The van der Waals surface area contributed by atoms with Crippen molar-refractivity contribution in [3.05, 3.63) is 53.1 Å². The maximum atomic E-state index is 14.1. The number of rotatable bonds is 2. The summed E-state index contributed by atoms with van der Waals surface area (Å²) in [5.74, 6) is -2.03. The van der Waals surface area contributed by atoms with Gasteiger partial charge in [-0.2, -0.15) is 4.52 Å². The first-order valence-corrected chi connectivity index (χ1v) is 8.28. The van der Waals surface area contributed by atoms with E-state index in [2.05, 4.69) is 15.3 Å². The van der Waals surface area contributed by atoms with Crippen molar-refractivity contribution >= 4 is 11.5 Å². The van der Waals surface area contributed by atoms with E-state index < -0.39 is 23.5 Å². The number of aromatic nitrogens is 4. The first-order valence-electron chi connectivity index (χ1n) is 8.28. The van der Waals surface area contributed by atoms with Gasteiger partial charge in [-0.3, -0.25) is 0 Å². The highest BCUT2D eigenvalue weighted by molar-refractivity contribution is 5.46. The third-order valence-electron chi connectivity index (χ3n) is 4.83. The van der Waals surface area contributed by atoms with Crippen LogP contribution in [-0.2, 0) is 0 Å². The molecule has 0 bridgehead atoms. The number of hydrogen-bond donors (Lipinski definition) is 1. The number of benzene rings is 1. The van der Waals surface area contributed by atoms with E-state index in [0.29, 0.717) is 42.9 Å². The molecule has 0 amide bonds. The summed E-state index contributed by atoms with van der Waals surface area (Å²) in [5, 5.41) is 12.5. The van der Waals surface area contributed by atoms with Crippen molar-refractivity contribution in [3.8, 4) is 0 Å². The predicted molar refractivity (Wildman–Crippen MR) is 89.4 cm³/mol. The number of nitrogens with two attached hydrogens (primary N) is 1. The second-order valence-corrected chi connectivity index (χ2v) is 6.50. The maximum absolute atomic E-state index is 14.1. The van der Waals surface area contributed by atoms with Crippen LogP contribution in [0.1, 0.15) is 23.7 Å². The molecule has 0 aliphatic carbocycles. The van der Waals surface area contributed by atoms with Crippen molar-refractivity contribution in [3.63, 3.8) is 0 Å². The molecule has 3 heterocycles. The summed E-state index contributed by atoms with van der Waals surface area (Å²) in [4.78, 5) is 1.98. The van der Waals surface area contributed by atoms with Gasteiger partial charge in [-0.15, -0.1) is 15.3 Å². The standard InChI is InChI=1S/C17H17F3N6/c1-9-22-23-16-2-3-17(24-26(9)16)25-5-4-10(15(21)8-25)11-6-13(19)14(20)7-12(11)18/h2-3,6-7,10,15H,4-5,8,21H2,1H3. The highest BCUT2D eigenvalue weighted by Gasteiger charge is 2.31. The van der Waals surface area contributed by atoms with Gasteiger partial charge in [-0.25, -0.2) is 13.2 Å². The minimum Gasteiger partial charge on any atom is -0.354 e. The number of nitrogens with zero attached hydrogens (tertiary/aromatic N) is 5. The van der Waals surface area contributed by atoms with Crippen molar-refractivity contribution in [1.29, 1.82) is 0 Å². The molecule has 2 atom stereocenters. The number of piperidine rings is 1. The number of halogens is 3. The number of hydrogen-bond acceptors (Lipinski definition) is 5. The largest absolute Gasteiger partial charge is 0.354 e. The zero-order valence-electron chi connectivity index (χ0n) is 14.0. The van der Waals surface area contributed by atoms with Crippen LogP contribution in [0.4, 0.5) is 19.0 Å². The van der Waals surface area contributed by atoms with Gasteiger partial charge in [0.1, 0.15) is 11.6 Å². The van der Waals surface area contributed by atoms with E-state index in [9.17, 15) is 13.2 Å². The highest BCUT2D eigenvalue weighted by Crippen LogP contribution is 2.32. The molecule has 136 valence electrons. The van der Waals surface area contributed by atoms with Gasteiger partial charge in [0.25, 0.3) is 0 Å². The molecule has 0 radical (unpaired) electrons. The van der Waals surface area contributed by atoms with Gasteiger partial charge in [0, 0.05) is 31.1 Å². The second-order valence-electron chi connectivity index (χ2n) is 6.50. The van der Waals surface area contributed by atoms with Crippen molar-refractivity contribution < 1.29 is 13.2 Å². The molecule has 2 aromatic heterocycles. The Bertz CT molecular complexity index is 973. The summed E-state index contributed by atoms with van der Waals surface area (Å²) in [6.45, 7) is 2.79. The molecule has 4 rings (SSSR count). The summed E-state index contributed by atoms with van der Waals surface area (Å²) in [7, 11) is 0. The molecule has 1 fully saturated rings. The average Bonchev–Trinajstić information content (AvgIpc) is 2.99. The molecule has 3 aromatic rings. The van der Waals surface area contributed by atoms with Gasteiger partial charge >= 0.3 is 0 Å². The Morgan fingerprint density at radius 2 is 1.85 bits per heavy atom. The van der Waals surface area contributed by atoms with E-state index in [-0.39, 0.29) is 11.5 Å². The SMILES string of the molecule is Cc1nnc2ccc(N3CCC(c4cc(F)c(F)cc4F)C(N)C3)nn12. The Morgan fingerprint density at radius 1 is 1.08 bits per heavy atom. The summed E-state index contributed by atoms with van der Waals surface area (Å²) in [5.41, 5.74) is 7.00. The smallest absolute Gasteiger partial charge is 0.178 e. The highest BCUT2D eigenvalue weighted by atomic mass is 19.2. The number of aryl methyl sites for hydroxylation is 1. The lowest BCUT2D eigenvalue weighted by molar-refractivity contribution is 0.415. The van der Waals surface area contributed by atoms with Crippen molar-refractivity contribution in [2.75, 3.05) is 18.0 Å². The van der Waals surface area contributed by atoms with E-state index in [4.69, 9.17) is 5.73 Å². The zero-order chi connectivity index (χ0) is 18.4.